The van der Waals surface area contributed by atoms with Crippen molar-refractivity contribution in [2.24, 2.45) is 0 Å². The fourth-order valence-electron chi connectivity index (χ4n) is 11.0. The molecule has 0 radical (unpaired) electrons. The van der Waals surface area contributed by atoms with Crippen molar-refractivity contribution in [1.82, 2.24) is 0 Å². The predicted molar refractivity (Wildman–Crippen MR) is 174 cm³/mol. The van der Waals surface area contributed by atoms with Gasteiger partial charge in [-0.25, -0.2) is 0 Å². The summed E-state index contributed by atoms with van der Waals surface area (Å²) in [4.78, 5) is 0. The molecule has 0 aliphatic heterocycles. The summed E-state index contributed by atoms with van der Waals surface area (Å²) in [6.07, 6.45) is 27.1. The zero-order valence-electron chi connectivity index (χ0n) is 25.7. The van der Waals surface area contributed by atoms with E-state index in [2.05, 4.69) is 13.8 Å². The summed E-state index contributed by atoms with van der Waals surface area (Å²) in [5.74, 6) is 0. The van der Waals surface area contributed by atoms with Crippen molar-refractivity contribution in [2.45, 2.75) is 183 Å². The molecule has 0 aromatic rings. The number of aliphatic hydroxyl groups excluding tert-OH is 4. The maximum atomic E-state index is 10.8. The minimum absolute atomic E-state index is 0.109. The SMILES string of the molecule is CCC[PH](CCC[PH](CCC)(C1CCCC(O)C1)C1CCCC(O)C1)(C1CCCC(O)C1)C1CCCC(O)C1. The van der Waals surface area contributed by atoms with Gasteiger partial charge in [0, 0.05) is 0 Å². The average Bonchev–Trinajstić information content (AvgIpc) is 2.92. The summed E-state index contributed by atoms with van der Waals surface area (Å²) in [5.41, 5.74) is 2.91. The second kappa shape index (κ2) is 15.4. The zero-order valence-corrected chi connectivity index (χ0v) is 27.7. The van der Waals surface area contributed by atoms with E-state index in [9.17, 15) is 20.4 Å². The first-order valence-electron chi connectivity index (χ1n) is 17.5. The number of aliphatic hydroxyl groups is 4. The van der Waals surface area contributed by atoms with Gasteiger partial charge >= 0.3 is 242 Å². The van der Waals surface area contributed by atoms with Gasteiger partial charge in [0.2, 0.25) is 0 Å². The molecule has 0 aromatic heterocycles. The third-order valence-corrected chi connectivity index (χ3v) is 26.6. The Bertz CT molecular complexity index is 618. The third kappa shape index (κ3) is 8.00. The van der Waals surface area contributed by atoms with Crippen molar-refractivity contribution in [3.8, 4) is 0 Å². The summed E-state index contributed by atoms with van der Waals surface area (Å²) in [7, 11) is -3.45. The molecule has 232 valence electrons. The van der Waals surface area contributed by atoms with E-state index in [1.165, 1.54) is 95.3 Å². The molecule has 4 nitrogen and oxygen atoms in total. The van der Waals surface area contributed by atoms with Gasteiger partial charge in [-0.05, 0) is 0 Å². The van der Waals surface area contributed by atoms with Gasteiger partial charge in [-0.1, -0.05) is 0 Å². The van der Waals surface area contributed by atoms with Crippen LogP contribution in [0.3, 0.4) is 0 Å². The summed E-state index contributed by atoms with van der Waals surface area (Å²) in [6, 6.07) is 0. The van der Waals surface area contributed by atoms with Gasteiger partial charge < -0.3 is 0 Å². The van der Waals surface area contributed by atoms with Gasteiger partial charge in [0.05, 0.1) is 0 Å². The van der Waals surface area contributed by atoms with Crippen molar-refractivity contribution < 1.29 is 20.4 Å². The van der Waals surface area contributed by atoms with Crippen LogP contribution in [0.2, 0.25) is 0 Å². The molecular formula is C33H66O4P2. The van der Waals surface area contributed by atoms with E-state index in [0.29, 0.717) is 0 Å². The molecule has 8 unspecified atom stereocenters. The molecule has 0 bridgehead atoms. The quantitative estimate of drug-likeness (QED) is 0.187. The van der Waals surface area contributed by atoms with E-state index in [0.717, 1.165) is 74.0 Å². The van der Waals surface area contributed by atoms with Crippen LogP contribution in [0, 0.1) is 0 Å². The van der Waals surface area contributed by atoms with Crippen LogP contribution in [-0.2, 0) is 0 Å². The van der Waals surface area contributed by atoms with E-state index in [1.807, 2.05) is 0 Å². The Labute approximate surface area is 242 Å². The Morgan fingerprint density at radius 1 is 0.436 bits per heavy atom. The molecule has 39 heavy (non-hydrogen) atoms. The molecule has 0 saturated heterocycles. The zero-order chi connectivity index (χ0) is 27.9. The molecule has 0 aromatic carbocycles. The Hall–Kier alpha value is 0.700. The van der Waals surface area contributed by atoms with Gasteiger partial charge in [-0.3, -0.25) is 0 Å². The van der Waals surface area contributed by atoms with Crippen LogP contribution >= 0.6 is 14.5 Å². The monoisotopic (exact) mass is 588 g/mol. The Morgan fingerprint density at radius 2 is 0.718 bits per heavy atom. The van der Waals surface area contributed by atoms with Gasteiger partial charge in [0.1, 0.15) is 0 Å². The van der Waals surface area contributed by atoms with Gasteiger partial charge in [-0.2, -0.15) is 0 Å². The van der Waals surface area contributed by atoms with E-state index in [4.69, 9.17) is 0 Å². The normalized spacial score (nSPS) is 37.9. The van der Waals surface area contributed by atoms with Gasteiger partial charge in [0.15, 0.2) is 0 Å². The summed E-state index contributed by atoms with van der Waals surface area (Å²) in [5, 5.41) is 43.2. The van der Waals surface area contributed by atoms with Gasteiger partial charge in [0.25, 0.3) is 0 Å². The van der Waals surface area contributed by atoms with Crippen molar-refractivity contribution >= 4 is 14.5 Å². The first-order chi connectivity index (χ1) is 18.8. The van der Waals surface area contributed by atoms with Crippen LogP contribution < -0.4 is 0 Å². The van der Waals surface area contributed by atoms with Gasteiger partial charge in [-0.15, -0.1) is 0 Å². The number of rotatable bonds is 12. The van der Waals surface area contributed by atoms with E-state index < -0.39 is 14.5 Å². The molecule has 4 aliphatic rings. The van der Waals surface area contributed by atoms with Crippen LogP contribution in [0.4, 0.5) is 0 Å². The van der Waals surface area contributed by atoms with E-state index in [1.54, 1.807) is 0 Å². The second-order valence-corrected chi connectivity index (χ2v) is 25.1. The molecule has 8 atom stereocenters. The van der Waals surface area contributed by atoms with Crippen molar-refractivity contribution in [3.05, 3.63) is 0 Å². The van der Waals surface area contributed by atoms with Crippen LogP contribution in [0.15, 0.2) is 0 Å². The first kappa shape index (κ1) is 32.6. The molecule has 0 heterocycles. The molecule has 0 spiro atoms. The molecule has 0 amide bonds. The fraction of sp³-hybridized carbons (Fsp3) is 1.00. The Kier molecular flexibility index (Phi) is 12.9. The summed E-state index contributed by atoms with van der Waals surface area (Å²) >= 11 is 0. The third-order valence-electron chi connectivity index (χ3n) is 12.6. The maximum absolute atomic E-state index is 10.8. The fourth-order valence-corrected chi connectivity index (χ4v) is 26.0. The Balaban J connectivity index is 1.61. The number of hydrogen-bond acceptors (Lipinski definition) is 4. The molecule has 4 saturated carbocycles. The molecule has 4 fully saturated rings. The van der Waals surface area contributed by atoms with Crippen molar-refractivity contribution in [2.75, 3.05) is 24.6 Å². The second-order valence-electron chi connectivity index (χ2n) is 14.9. The molecule has 4 rings (SSSR count). The van der Waals surface area contributed by atoms with Crippen molar-refractivity contribution in [3.63, 3.8) is 0 Å². The Morgan fingerprint density at radius 3 is 0.949 bits per heavy atom. The molecule has 4 N–H and O–H groups in total. The molecule has 4 aliphatic carbocycles. The van der Waals surface area contributed by atoms with Crippen molar-refractivity contribution in [1.29, 1.82) is 0 Å². The molecule has 6 heteroatoms. The summed E-state index contributed by atoms with van der Waals surface area (Å²) < 4.78 is 0. The summed E-state index contributed by atoms with van der Waals surface area (Å²) in [6.45, 7) is 4.78. The van der Waals surface area contributed by atoms with Crippen LogP contribution in [0.5, 0.6) is 0 Å². The molecular weight excluding hydrogens is 522 g/mol. The van der Waals surface area contributed by atoms with Crippen LogP contribution in [-0.4, -0.2) is 92.1 Å². The van der Waals surface area contributed by atoms with Crippen LogP contribution in [0.1, 0.15) is 136 Å². The first-order valence-corrected chi connectivity index (χ1v) is 22.7. The van der Waals surface area contributed by atoms with E-state index >= 15 is 0 Å². The topological polar surface area (TPSA) is 80.9 Å². The minimum atomic E-state index is -1.72. The van der Waals surface area contributed by atoms with E-state index in [-0.39, 0.29) is 24.4 Å². The van der Waals surface area contributed by atoms with Crippen LogP contribution in [0.25, 0.3) is 0 Å². The number of hydrogen-bond donors (Lipinski definition) is 4. The average molecular weight is 589 g/mol. The predicted octanol–water partition coefficient (Wildman–Crippen LogP) is 6.91. The standard InChI is InChI=1S/C33H66O4P2/c1-3-18-38(30-14-5-10-26(34)22-30,31-15-6-11-27(35)23-31)20-9-21-39(19-4-2,32-16-7-12-28(36)24-32)33-17-8-13-29(37)25-33/h26-39H,3-25H2,1-2H3.